The van der Waals surface area contributed by atoms with Crippen molar-refractivity contribution in [2.75, 3.05) is 19.6 Å². The van der Waals surface area contributed by atoms with E-state index in [2.05, 4.69) is 18.3 Å². The van der Waals surface area contributed by atoms with Gasteiger partial charge in [-0.1, -0.05) is 36.4 Å². The van der Waals surface area contributed by atoms with Crippen LogP contribution < -0.4 is 5.32 Å². The second-order valence-electron chi connectivity index (χ2n) is 6.07. The van der Waals surface area contributed by atoms with Gasteiger partial charge < -0.3 is 15.0 Å². The Bertz CT molecular complexity index is 531. The third-order valence-corrected chi connectivity index (χ3v) is 4.46. The lowest BCUT2D eigenvalue weighted by molar-refractivity contribution is 0.0742. The van der Waals surface area contributed by atoms with Crippen molar-refractivity contribution < 1.29 is 9.53 Å². The molecule has 0 bridgehead atoms. The summed E-state index contributed by atoms with van der Waals surface area (Å²) in [6.45, 7) is 5.01. The number of nitrogens with zero attached hydrogens (tertiary/aromatic N) is 1. The third kappa shape index (κ3) is 3.20. The molecule has 2 aliphatic rings. The van der Waals surface area contributed by atoms with Crippen molar-refractivity contribution >= 4 is 6.09 Å². The summed E-state index contributed by atoms with van der Waals surface area (Å²) in [5, 5.41) is 3.40. The monoisotopic (exact) mass is 286 g/mol. The first-order chi connectivity index (χ1) is 10.2. The number of likely N-dealkylation sites (tertiary alicyclic amines) is 1. The molecular formula is C17H22N2O2. The van der Waals surface area contributed by atoms with Crippen LogP contribution in [0.25, 0.3) is 0 Å². The summed E-state index contributed by atoms with van der Waals surface area (Å²) >= 11 is 0. The van der Waals surface area contributed by atoms with E-state index in [1.165, 1.54) is 5.70 Å². The molecule has 4 nitrogen and oxygen atoms in total. The number of rotatable bonds is 2. The maximum absolute atomic E-state index is 12.1. The molecule has 2 aliphatic heterocycles. The first kappa shape index (κ1) is 14.0. The van der Waals surface area contributed by atoms with Gasteiger partial charge in [0.25, 0.3) is 0 Å². The molecular weight excluding hydrogens is 264 g/mol. The van der Waals surface area contributed by atoms with Crippen molar-refractivity contribution in [1.29, 1.82) is 0 Å². The summed E-state index contributed by atoms with van der Waals surface area (Å²) in [6.07, 6.45) is 4.16. The number of benzene rings is 1. The maximum atomic E-state index is 12.1. The molecule has 112 valence electrons. The number of hydrogen-bond donors (Lipinski definition) is 1. The quantitative estimate of drug-likeness (QED) is 0.909. The smallest absolute Gasteiger partial charge is 0.410 e. The number of carbonyl (C=O) groups excluding carboxylic acids is 1. The number of ether oxygens (including phenoxy) is 1. The van der Waals surface area contributed by atoms with E-state index in [0.717, 1.165) is 38.0 Å². The van der Waals surface area contributed by atoms with Crippen molar-refractivity contribution in [3.05, 3.63) is 47.7 Å². The fraction of sp³-hybridized carbons (Fsp3) is 0.471. The van der Waals surface area contributed by atoms with Gasteiger partial charge in [0.2, 0.25) is 0 Å². The summed E-state index contributed by atoms with van der Waals surface area (Å²) in [6, 6.07) is 9.80. The Kier molecular flexibility index (Phi) is 3.86. The molecule has 1 N–H and O–H groups in total. The fourth-order valence-corrected chi connectivity index (χ4v) is 3.14. The average molecular weight is 286 g/mol. The normalized spacial score (nSPS) is 20.0. The zero-order valence-electron chi connectivity index (χ0n) is 12.5. The molecule has 1 saturated heterocycles. The van der Waals surface area contributed by atoms with Crippen LogP contribution in [-0.2, 0) is 11.3 Å². The molecule has 0 aliphatic carbocycles. The molecule has 0 aromatic heterocycles. The molecule has 0 unspecified atom stereocenters. The number of amides is 1. The van der Waals surface area contributed by atoms with Crippen LogP contribution in [0.2, 0.25) is 0 Å². The number of carbonyl (C=O) groups is 1. The van der Waals surface area contributed by atoms with E-state index in [9.17, 15) is 4.79 Å². The number of piperidine rings is 1. The lowest BCUT2D eigenvalue weighted by atomic mass is 9.79. The molecule has 2 heterocycles. The van der Waals surface area contributed by atoms with Gasteiger partial charge in [-0.2, -0.15) is 0 Å². The highest BCUT2D eigenvalue weighted by atomic mass is 16.6. The van der Waals surface area contributed by atoms with Crippen LogP contribution in [0.5, 0.6) is 0 Å². The van der Waals surface area contributed by atoms with Crippen LogP contribution in [0.3, 0.4) is 0 Å². The molecule has 0 atom stereocenters. The minimum absolute atomic E-state index is 0.194. The zero-order chi connectivity index (χ0) is 14.7. The summed E-state index contributed by atoms with van der Waals surface area (Å²) in [7, 11) is 0. The van der Waals surface area contributed by atoms with Gasteiger partial charge in [-0.05, 0) is 25.3 Å². The van der Waals surface area contributed by atoms with Crippen LogP contribution >= 0.6 is 0 Å². The van der Waals surface area contributed by atoms with Gasteiger partial charge in [0.1, 0.15) is 6.61 Å². The predicted octanol–water partition coefficient (Wildman–Crippen LogP) is 2.91. The zero-order valence-corrected chi connectivity index (χ0v) is 12.5. The first-order valence-corrected chi connectivity index (χ1v) is 7.56. The van der Waals surface area contributed by atoms with Crippen LogP contribution in [0.1, 0.15) is 25.3 Å². The minimum Gasteiger partial charge on any atom is -0.445 e. The number of hydrogen-bond acceptors (Lipinski definition) is 3. The van der Waals surface area contributed by atoms with E-state index in [1.807, 2.05) is 35.2 Å². The van der Waals surface area contributed by atoms with Crippen LogP contribution in [0.15, 0.2) is 42.1 Å². The highest BCUT2D eigenvalue weighted by Gasteiger charge is 2.37. The van der Waals surface area contributed by atoms with Crippen molar-refractivity contribution in [3.8, 4) is 0 Å². The van der Waals surface area contributed by atoms with Crippen LogP contribution in [0, 0.1) is 5.41 Å². The Hall–Kier alpha value is -1.97. The lowest BCUT2D eigenvalue weighted by Crippen LogP contribution is -2.44. The molecule has 21 heavy (non-hydrogen) atoms. The second-order valence-corrected chi connectivity index (χ2v) is 6.07. The highest BCUT2D eigenvalue weighted by molar-refractivity contribution is 5.67. The molecule has 1 spiro atoms. The van der Waals surface area contributed by atoms with E-state index in [1.54, 1.807) is 0 Å². The van der Waals surface area contributed by atoms with Gasteiger partial charge >= 0.3 is 6.09 Å². The summed E-state index contributed by atoms with van der Waals surface area (Å²) in [4.78, 5) is 13.9. The van der Waals surface area contributed by atoms with Crippen LogP contribution in [-0.4, -0.2) is 30.6 Å². The van der Waals surface area contributed by atoms with Gasteiger partial charge in [0.15, 0.2) is 0 Å². The molecule has 4 heteroatoms. The summed E-state index contributed by atoms with van der Waals surface area (Å²) < 4.78 is 5.40. The number of allylic oxidation sites excluding steroid dienone is 1. The second kappa shape index (κ2) is 5.80. The third-order valence-electron chi connectivity index (χ3n) is 4.46. The molecule has 0 radical (unpaired) electrons. The maximum Gasteiger partial charge on any atom is 0.410 e. The van der Waals surface area contributed by atoms with Crippen molar-refractivity contribution in [2.45, 2.75) is 26.4 Å². The van der Waals surface area contributed by atoms with Crippen molar-refractivity contribution in [1.82, 2.24) is 10.2 Å². The highest BCUT2D eigenvalue weighted by Crippen LogP contribution is 2.36. The molecule has 3 rings (SSSR count). The van der Waals surface area contributed by atoms with E-state index in [-0.39, 0.29) is 11.5 Å². The number of nitrogens with one attached hydrogen (secondary N) is 1. The van der Waals surface area contributed by atoms with E-state index < -0.39 is 0 Å². The standard InChI is InChI=1S/C17H22N2O2/c1-14-11-17(13-18-14)7-9-19(10-8-17)16(20)21-12-15-5-3-2-4-6-15/h2-6,11,18H,7-10,12-13H2,1H3. The topological polar surface area (TPSA) is 41.6 Å². The molecule has 1 fully saturated rings. The minimum atomic E-state index is -0.194. The predicted molar refractivity (Wildman–Crippen MR) is 81.6 cm³/mol. The Balaban J connectivity index is 1.49. The summed E-state index contributed by atoms with van der Waals surface area (Å²) in [5.41, 5.74) is 2.54. The Morgan fingerprint density at radius 2 is 2.00 bits per heavy atom. The Morgan fingerprint density at radius 1 is 1.29 bits per heavy atom. The van der Waals surface area contributed by atoms with Crippen molar-refractivity contribution in [3.63, 3.8) is 0 Å². The lowest BCUT2D eigenvalue weighted by Gasteiger charge is -2.37. The van der Waals surface area contributed by atoms with Gasteiger partial charge in [-0.15, -0.1) is 0 Å². The van der Waals surface area contributed by atoms with E-state index in [4.69, 9.17) is 4.74 Å². The average Bonchev–Trinajstić information content (AvgIpc) is 2.87. The van der Waals surface area contributed by atoms with Gasteiger partial charge in [0, 0.05) is 30.7 Å². The fourth-order valence-electron chi connectivity index (χ4n) is 3.14. The first-order valence-electron chi connectivity index (χ1n) is 7.56. The van der Waals surface area contributed by atoms with Gasteiger partial charge in [0.05, 0.1) is 0 Å². The molecule has 0 saturated carbocycles. The van der Waals surface area contributed by atoms with Crippen molar-refractivity contribution in [2.24, 2.45) is 5.41 Å². The SMILES string of the molecule is CC1=CC2(CCN(C(=O)OCc3ccccc3)CC2)CN1. The molecule has 1 aromatic carbocycles. The summed E-state index contributed by atoms with van der Waals surface area (Å²) in [5.74, 6) is 0. The largest absolute Gasteiger partial charge is 0.445 e. The molecule has 1 aromatic rings. The molecule has 1 amide bonds. The van der Waals surface area contributed by atoms with Gasteiger partial charge in [-0.3, -0.25) is 0 Å². The Labute approximate surface area is 125 Å². The van der Waals surface area contributed by atoms with E-state index in [0.29, 0.717) is 6.61 Å². The van der Waals surface area contributed by atoms with E-state index >= 15 is 0 Å². The van der Waals surface area contributed by atoms with Gasteiger partial charge in [-0.25, -0.2) is 4.79 Å². The Morgan fingerprint density at radius 3 is 2.62 bits per heavy atom. The van der Waals surface area contributed by atoms with Crippen LogP contribution in [0.4, 0.5) is 4.79 Å².